The van der Waals surface area contributed by atoms with Gasteiger partial charge in [-0.3, -0.25) is 4.79 Å². The summed E-state index contributed by atoms with van der Waals surface area (Å²) in [6.07, 6.45) is 0. The van der Waals surface area contributed by atoms with Crippen molar-refractivity contribution in [3.63, 3.8) is 0 Å². The molecule has 1 aliphatic rings. The molecule has 90 valence electrons. The predicted octanol–water partition coefficient (Wildman–Crippen LogP) is 3.30. The lowest BCUT2D eigenvalue weighted by atomic mass is 10.2. The predicted molar refractivity (Wildman–Crippen MR) is 74.9 cm³/mol. The van der Waals surface area contributed by atoms with E-state index in [-0.39, 0.29) is 11.3 Å². The molecule has 3 nitrogen and oxygen atoms in total. The highest BCUT2D eigenvalue weighted by Gasteiger charge is 2.31. The summed E-state index contributed by atoms with van der Waals surface area (Å²) >= 11 is 3.32. The minimum atomic E-state index is -0.0157. The average Bonchev–Trinajstić information content (AvgIpc) is 2.75. The molecule has 1 heterocycles. The minimum absolute atomic E-state index is 0.0113. The van der Waals surface area contributed by atoms with Crippen molar-refractivity contribution >= 4 is 33.8 Å². The minimum Gasteiger partial charge on any atom is -0.273 e. The fraction of sp³-hybridized carbons (Fsp3) is 0.333. The lowest BCUT2D eigenvalue weighted by molar-refractivity contribution is -0.129. The number of amides is 1. The molecule has 0 saturated heterocycles. The first kappa shape index (κ1) is 12.5. The van der Waals surface area contributed by atoms with E-state index in [1.54, 1.807) is 35.5 Å². The van der Waals surface area contributed by atoms with Crippen molar-refractivity contribution in [2.45, 2.75) is 19.2 Å². The summed E-state index contributed by atoms with van der Waals surface area (Å²) in [5, 5.41) is 5.92. The molecule has 0 radical (unpaired) electrons. The van der Waals surface area contributed by atoms with Crippen LogP contribution in [-0.4, -0.2) is 21.0 Å². The molecule has 17 heavy (non-hydrogen) atoms. The second-order valence-corrected chi connectivity index (χ2v) is 6.12. The van der Waals surface area contributed by atoms with Gasteiger partial charge in [-0.2, -0.15) is 5.10 Å². The molecule has 1 amide bonds. The van der Waals surface area contributed by atoms with Gasteiger partial charge < -0.3 is 0 Å². The highest BCUT2D eigenvalue weighted by molar-refractivity contribution is 8.39. The Morgan fingerprint density at radius 1 is 1.47 bits per heavy atom. The van der Waals surface area contributed by atoms with Gasteiger partial charge in [0.05, 0.1) is 0 Å². The summed E-state index contributed by atoms with van der Waals surface area (Å²) in [6.45, 7) is 3.64. The SMILES string of the molecule is CCSC1=NN(C(C)=O)C(c2ccccc2)S1. The van der Waals surface area contributed by atoms with Crippen LogP contribution in [0.15, 0.2) is 35.4 Å². The molecule has 0 spiro atoms. The zero-order valence-corrected chi connectivity index (χ0v) is 11.4. The van der Waals surface area contributed by atoms with E-state index < -0.39 is 0 Å². The summed E-state index contributed by atoms with van der Waals surface area (Å²) in [4.78, 5) is 11.6. The smallest absolute Gasteiger partial charge is 0.240 e. The topological polar surface area (TPSA) is 32.7 Å². The molecule has 0 aliphatic carbocycles. The Labute approximate surface area is 110 Å². The second-order valence-electron chi connectivity index (χ2n) is 3.54. The van der Waals surface area contributed by atoms with E-state index in [0.717, 1.165) is 15.7 Å². The number of hydrogen-bond donors (Lipinski definition) is 0. The molecule has 0 N–H and O–H groups in total. The zero-order chi connectivity index (χ0) is 12.3. The summed E-state index contributed by atoms with van der Waals surface area (Å²) in [5.41, 5.74) is 1.11. The molecular formula is C12H14N2OS2. The first-order valence-corrected chi connectivity index (χ1v) is 7.31. The van der Waals surface area contributed by atoms with Gasteiger partial charge in [0.1, 0.15) is 5.37 Å². The quantitative estimate of drug-likeness (QED) is 0.823. The van der Waals surface area contributed by atoms with Crippen molar-refractivity contribution in [3.05, 3.63) is 35.9 Å². The Balaban J connectivity index is 2.22. The van der Waals surface area contributed by atoms with Gasteiger partial charge in [-0.25, -0.2) is 5.01 Å². The molecule has 1 aromatic carbocycles. The molecular weight excluding hydrogens is 252 g/mol. The third-order valence-electron chi connectivity index (χ3n) is 2.30. The lowest BCUT2D eigenvalue weighted by Gasteiger charge is -2.19. The first-order chi connectivity index (χ1) is 8.22. The first-order valence-electron chi connectivity index (χ1n) is 5.45. The fourth-order valence-electron chi connectivity index (χ4n) is 1.56. The van der Waals surface area contributed by atoms with Crippen LogP contribution >= 0.6 is 23.5 Å². The third kappa shape index (κ3) is 2.84. The van der Waals surface area contributed by atoms with Crippen LogP contribution in [0.5, 0.6) is 0 Å². The summed E-state index contributed by atoms with van der Waals surface area (Å²) in [5.74, 6) is 0.956. The van der Waals surface area contributed by atoms with Gasteiger partial charge in [-0.15, -0.1) is 0 Å². The molecule has 1 aliphatic heterocycles. The van der Waals surface area contributed by atoms with Gasteiger partial charge in [-0.05, 0) is 11.3 Å². The van der Waals surface area contributed by atoms with E-state index in [4.69, 9.17) is 0 Å². The zero-order valence-electron chi connectivity index (χ0n) is 9.79. The van der Waals surface area contributed by atoms with Crippen molar-refractivity contribution in [3.8, 4) is 0 Å². The van der Waals surface area contributed by atoms with Crippen LogP contribution in [0.1, 0.15) is 24.8 Å². The largest absolute Gasteiger partial charge is 0.273 e. The van der Waals surface area contributed by atoms with Gasteiger partial charge in [0.25, 0.3) is 0 Å². The van der Waals surface area contributed by atoms with E-state index in [1.807, 2.05) is 30.3 Å². The standard InChI is InChI=1S/C12H14N2OS2/c1-3-16-12-13-14(9(2)15)11(17-12)10-7-5-4-6-8-10/h4-8,11H,3H2,1-2H3. The van der Waals surface area contributed by atoms with Crippen LogP contribution < -0.4 is 0 Å². The van der Waals surface area contributed by atoms with E-state index >= 15 is 0 Å². The molecule has 0 aromatic heterocycles. The van der Waals surface area contributed by atoms with E-state index in [9.17, 15) is 4.79 Å². The molecule has 1 aromatic rings. The number of thioether (sulfide) groups is 2. The fourth-order valence-corrected chi connectivity index (χ4v) is 3.76. The number of hydrazone groups is 1. The van der Waals surface area contributed by atoms with Crippen molar-refractivity contribution in [2.75, 3.05) is 5.75 Å². The highest BCUT2D eigenvalue weighted by Crippen LogP contribution is 2.42. The average molecular weight is 266 g/mol. The van der Waals surface area contributed by atoms with Crippen molar-refractivity contribution in [1.29, 1.82) is 0 Å². The number of nitrogens with zero attached hydrogens (tertiary/aromatic N) is 2. The van der Waals surface area contributed by atoms with E-state index in [2.05, 4.69) is 12.0 Å². The van der Waals surface area contributed by atoms with Crippen LogP contribution in [0.3, 0.4) is 0 Å². The maximum atomic E-state index is 11.6. The van der Waals surface area contributed by atoms with Gasteiger partial charge in [-0.1, -0.05) is 60.8 Å². The van der Waals surface area contributed by atoms with E-state index in [0.29, 0.717) is 0 Å². The van der Waals surface area contributed by atoms with Gasteiger partial charge in [0.2, 0.25) is 5.91 Å². The van der Waals surface area contributed by atoms with Crippen molar-refractivity contribution in [1.82, 2.24) is 5.01 Å². The van der Waals surface area contributed by atoms with Crippen LogP contribution in [0.2, 0.25) is 0 Å². The monoisotopic (exact) mass is 266 g/mol. The van der Waals surface area contributed by atoms with Gasteiger partial charge >= 0.3 is 0 Å². The Bertz CT molecular complexity index is 433. The molecule has 1 unspecified atom stereocenters. The molecule has 0 saturated carbocycles. The molecule has 0 bridgehead atoms. The number of benzene rings is 1. The number of carbonyl (C=O) groups excluding carboxylic acids is 1. The normalized spacial score (nSPS) is 19.3. The third-order valence-corrected chi connectivity index (χ3v) is 4.54. The van der Waals surface area contributed by atoms with Crippen LogP contribution in [0.4, 0.5) is 0 Å². The second kappa shape index (κ2) is 5.60. The summed E-state index contributed by atoms with van der Waals surface area (Å²) in [7, 11) is 0. The highest BCUT2D eigenvalue weighted by atomic mass is 32.2. The molecule has 0 fully saturated rings. The molecule has 5 heteroatoms. The number of carbonyl (C=O) groups is 1. The van der Waals surface area contributed by atoms with Gasteiger partial charge in [0.15, 0.2) is 4.38 Å². The summed E-state index contributed by atoms with van der Waals surface area (Å²) < 4.78 is 0.969. The Morgan fingerprint density at radius 3 is 2.76 bits per heavy atom. The van der Waals surface area contributed by atoms with Crippen LogP contribution in [0, 0.1) is 0 Å². The Kier molecular flexibility index (Phi) is 4.12. The molecule has 1 atom stereocenters. The maximum Gasteiger partial charge on any atom is 0.240 e. The van der Waals surface area contributed by atoms with Crippen molar-refractivity contribution in [2.24, 2.45) is 5.10 Å². The lowest BCUT2D eigenvalue weighted by Crippen LogP contribution is -2.22. The Morgan fingerprint density at radius 2 is 2.18 bits per heavy atom. The Hall–Kier alpha value is -0.940. The van der Waals surface area contributed by atoms with E-state index in [1.165, 1.54) is 0 Å². The van der Waals surface area contributed by atoms with Gasteiger partial charge in [0, 0.05) is 6.92 Å². The van der Waals surface area contributed by atoms with Crippen LogP contribution in [0.25, 0.3) is 0 Å². The number of hydrogen-bond acceptors (Lipinski definition) is 4. The van der Waals surface area contributed by atoms with Crippen molar-refractivity contribution < 1.29 is 4.79 Å². The van der Waals surface area contributed by atoms with Crippen LogP contribution in [-0.2, 0) is 4.79 Å². The molecule has 2 rings (SSSR count). The number of rotatable bonds is 2. The maximum absolute atomic E-state index is 11.6. The summed E-state index contributed by atoms with van der Waals surface area (Å²) in [6, 6.07) is 10.0.